The van der Waals surface area contributed by atoms with Gasteiger partial charge in [-0.25, -0.2) is 0 Å². The number of aliphatic hydroxyl groups excluding tert-OH is 1. The molecule has 0 bridgehead atoms. The summed E-state index contributed by atoms with van der Waals surface area (Å²) in [7, 11) is 0. The lowest BCUT2D eigenvalue weighted by molar-refractivity contribution is 0.0562. The predicted octanol–water partition coefficient (Wildman–Crippen LogP) is 3.37. The predicted molar refractivity (Wildman–Crippen MR) is 76.8 cm³/mol. The second-order valence-electron chi connectivity index (χ2n) is 4.78. The molecule has 3 nitrogen and oxygen atoms in total. The van der Waals surface area contributed by atoms with Gasteiger partial charge in [0.1, 0.15) is 0 Å². The van der Waals surface area contributed by atoms with Crippen molar-refractivity contribution < 1.29 is 9.90 Å². The van der Waals surface area contributed by atoms with E-state index in [1.54, 1.807) is 18.2 Å². The zero-order valence-corrected chi connectivity index (χ0v) is 12.1. The first-order valence-electron chi connectivity index (χ1n) is 6.50. The van der Waals surface area contributed by atoms with Gasteiger partial charge in [-0.2, -0.15) is 0 Å². The Labute approximate surface area is 123 Å². The van der Waals surface area contributed by atoms with Crippen molar-refractivity contribution in [2.24, 2.45) is 0 Å². The van der Waals surface area contributed by atoms with E-state index in [0.717, 1.165) is 19.3 Å². The summed E-state index contributed by atoms with van der Waals surface area (Å²) >= 11 is 11.9. The van der Waals surface area contributed by atoms with Gasteiger partial charge in [-0.15, -0.1) is 0 Å². The zero-order valence-electron chi connectivity index (χ0n) is 10.6. The van der Waals surface area contributed by atoms with Crippen LogP contribution in [0.3, 0.4) is 0 Å². The lowest BCUT2D eigenvalue weighted by Gasteiger charge is -2.37. The van der Waals surface area contributed by atoms with Crippen LogP contribution >= 0.6 is 23.2 Å². The standard InChI is InChI=1S/C14H17Cl2NO2/c15-10-5-6-12(13(16)9-10)14(19)17(7-2-8-18)11-3-1-4-11/h5-6,9,11,18H,1-4,7-8H2. The topological polar surface area (TPSA) is 40.5 Å². The lowest BCUT2D eigenvalue weighted by atomic mass is 9.90. The molecule has 1 amide bonds. The average molecular weight is 302 g/mol. The number of rotatable bonds is 5. The molecule has 0 spiro atoms. The van der Waals surface area contributed by atoms with Crippen molar-refractivity contribution in [3.05, 3.63) is 33.8 Å². The van der Waals surface area contributed by atoms with E-state index in [1.165, 1.54) is 0 Å². The zero-order chi connectivity index (χ0) is 13.8. The summed E-state index contributed by atoms with van der Waals surface area (Å²) in [6.07, 6.45) is 3.81. The van der Waals surface area contributed by atoms with Crippen molar-refractivity contribution in [2.45, 2.75) is 31.7 Å². The normalized spacial score (nSPS) is 15.1. The molecule has 0 aliphatic heterocycles. The number of hydrogen-bond donors (Lipinski definition) is 1. The third-order valence-corrected chi connectivity index (χ3v) is 4.04. The van der Waals surface area contributed by atoms with Gasteiger partial charge in [-0.3, -0.25) is 4.79 Å². The highest BCUT2D eigenvalue weighted by Crippen LogP contribution is 2.29. The Bertz CT molecular complexity index is 461. The monoisotopic (exact) mass is 301 g/mol. The minimum atomic E-state index is -0.0696. The van der Waals surface area contributed by atoms with Crippen molar-refractivity contribution in [1.29, 1.82) is 0 Å². The van der Waals surface area contributed by atoms with E-state index in [4.69, 9.17) is 28.3 Å². The van der Waals surface area contributed by atoms with Crippen molar-refractivity contribution in [3.8, 4) is 0 Å². The molecule has 5 heteroatoms. The molecule has 104 valence electrons. The van der Waals surface area contributed by atoms with Crippen LogP contribution in [0.1, 0.15) is 36.0 Å². The van der Waals surface area contributed by atoms with Crippen molar-refractivity contribution in [3.63, 3.8) is 0 Å². The van der Waals surface area contributed by atoms with Gasteiger partial charge in [0.25, 0.3) is 5.91 Å². The molecule has 19 heavy (non-hydrogen) atoms. The van der Waals surface area contributed by atoms with E-state index in [2.05, 4.69) is 0 Å². The second-order valence-corrected chi connectivity index (χ2v) is 5.63. The average Bonchev–Trinajstić information content (AvgIpc) is 2.31. The van der Waals surface area contributed by atoms with Crippen molar-refractivity contribution in [1.82, 2.24) is 4.90 Å². The molecule has 1 aliphatic carbocycles. The van der Waals surface area contributed by atoms with Gasteiger partial charge in [-0.1, -0.05) is 23.2 Å². The number of halogens is 2. The Morgan fingerprint density at radius 1 is 1.37 bits per heavy atom. The summed E-state index contributed by atoms with van der Waals surface area (Å²) in [4.78, 5) is 14.4. The first-order chi connectivity index (χ1) is 9.13. The van der Waals surface area contributed by atoms with Crippen LogP contribution in [0.5, 0.6) is 0 Å². The number of aliphatic hydroxyl groups is 1. The number of carbonyl (C=O) groups excluding carboxylic acids is 1. The molecule has 0 atom stereocenters. The number of benzene rings is 1. The Hall–Kier alpha value is -0.770. The lowest BCUT2D eigenvalue weighted by Crippen LogP contribution is -2.45. The molecule has 1 saturated carbocycles. The maximum atomic E-state index is 12.5. The van der Waals surface area contributed by atoms with Crippen LogP contribution in [0.4, 0.5) is 0 Å². The highest BCUT2D eigenvalue weighted by atomic mass is 35.5. The minimum Gasteiger partial charge on any atom is -0.396 e. The number of carbonyl (C=O) groups is 1. The van der Waals surface area contributed by atoms with Gasteiger partial charge < -0.3 is 10.0 Å². The molecule has 2 rings (SSSR count). The molecule has 1 aromatic rings. The maximum Gasteiger partial charge on any atom is 0.255 e. The van der Waals surface area contributed by atoms with Gasteiger partial charge in [0.15, 0.2) is 0 Å². The summed E-state index contributed by atoms with van der Waals surface area (Å²) in [5.74, 6) is -0.0696. The quantitative estimate of drug-likeness (QED) is 0.906. The molecule has 1 N–H and O–H groups in total. The van der Waals surface area contributed by atoms with Gasteiger partial charge in [0, 0.05) is 24.2 Å². The summed E-state index contributed by atoms with van der Waals surface area (Å²) in [6, 6.07) is 5.20. The van der Waals surface area contributed by atoms with Crippen LogP contribution in [0, 0.1) is 0 Å². The largest absolute Gasteiger partial charge is 0.396 e. The summed E-state index contributed by atoms with van der Waals surface area (Å²) in [5, 5.41) is 9.85. The molecule has 0 unspecified atom stereocenters. The van der Waals surface area contributed by atoms with Crippen LogP contribution in [-0.2, 0) is 0 Å². The highest BCUT2D eigenvalue weighted by molar-refractivity contribution is 6.36. The van der Waals surface area contributed by atoms with E-state index in [0.29, 0.717) is 28.6 Å². The Morgan fingerprint density at radius 2 is 2.11 bits per heavy atom. The van der Waals surface area contributed by atoms with E-state index in [-0.39, 0.29) is 18.6 Å². The van der Waals surface area contributed by atoms with Gasteiger partial charge in [0.05, 0.1) is 10.6 Å². The second kappa shape index (κ2) is 6.60. The van der Waals surface area contributed by atoms with Crippen molar-refractivity contribution in [2.75, 3.05) is 13.2 Å². The SMILES string of the molecule is O=C(c1ccc(Cl)cc1Cl)N(CCCO)C1CCC1. The number of nitrogens with zero attached hydrogens (tertiary/aromatic N) is 1. The fourth-order valence-electron chi connectivity index (χ4n) is 2.21. The smallest absolute Gasteiger partial charge is 0.255 e. The van der Waals surface area contributed by atoms with Gasteiger partial charge in [-0.05, 0) is 43.9 Å². The van der Waals surface area contributed by atoms with Crippen LogP contribution < -0.4 is 0 Å². The molecular formula is C14H17Cl2NO2. The maximum absolute atomic E-state index is 12.5. The summed E-state index contributed by atoms with van der Waals surface area (Å²) in [6.45, 7) is 0.657. The Balaban J connectivity index is 2.17. The minimum absolute atomic E-state index is 0.0696. The Morgan fingerprint density at radius 3 is 2.63 bits per heavy atom. The summed E-state index contributed by atoms with van der Waals surface area (Å²) < 4.78 is 0. The van der Waals surface area contributed by atoms with E-state index < -0.39 is 0 Å². The first-order valence-corrected chi connectivity index (χ1v) is 7.26. The molecule has 0 heterocycles. The van der Waals surface area contributed by atoms with E-state index in [1.807, 2.05) is 4.90 Å². The molecule has 1 aliphatic rings. The number of amides is 1. The third-order valence-electron chi connectivity index (χ3n) is 3.50. The van der Waals surface area contributed by atoms with Crippen LogP contribution in [0.2, 0.25) is 10.0 Å². The summed E-state index contributed by atoms with van der Waals surface area (Å²) in [5.41, 5.74) is 0.482. The van der Waals surface area contributed by atoms with Crippen LogP contribution in [0.25, 0.3) is 0 Å². The molecule has 1 fully saturated rings. The van der Waals surface area contributed by atoms with Gasteiger partial charge >= 0.3 is 0 Å². The molecule has 0 aromatic heterocycles. The third kappa shape index (κ3) is 3.41. The Kier molecular flexibility index (Phi) is 5.08. The van der Waals surface area contributed by atoms with Gasteiger partial charge in [0.2, 0.25) is 0 Å². The molecule has 1 aromatic carbocycles. The van der Waals surface area contributed by atoms with E-state index in [9.17, 15) is 4.79 Å². The van der Waals surface area contributed by atoms with E-state index >= 15 is 0 Å². The van der Waals surface area contributed by atoms with Crippen molar-refractivity contribution >= 4 is 29.1 Å². The van der Waals surface area contributed by atoms with Crippen LogP contribution in [-0.4, -0.2) is 35.1 Å². The fraction of sp³-hybridized carbons (Fsp3) is 0.500. The fourth-order valence-corrected chi connectivity index (χ4v) is 2.70. The molecule has 0 radical (unpaired) electrons. The molecule has 0 saturated heterocycles. The molecular weight excluding hydrogens is 285 g/mol. The first kappa shape index (κ1) is 14.6. The number of hydrogen-bond acceptors (Lipinski definition) is 2. The highest BCUT2D eigenvalue weighted by Gasteiger charge is 2.29. The van der Waals surface area contributed by atoms with Crippen LogP contribution in [0.15, 0.2) is 18.2 Å².